The maximum absolute atomic E-state index is 10.5. The van der Waals surface area contributed by atoms with Gasteiger partial charge in [0.1, 0.15) is 5.97 Å². The number of rotatable bonds is 8. The Morgan fingerprint density at radius 3 is 1.33 bits per heavy atom. The zero-order chi connectivity index (χ0) is 22.9. The number of alkyl halides is 3. The van der Waals surface area contributed by atoms with Crippen molar-refractivity contribution in [3.8, 4) is 0 Å². The smallest absolute Gasteiger partial charge is 0.542 e. The second kappa shape index (κ2) is 14.6. The SMILES string of the molecule is CC(C)P(Nc1[c-]c(NP(C(C)C)C(C)C)ccc1)C(C)C.O=C([O-])C(F)(F)F.[Pd+2]. The van der Waals surface area contributed by atoms with Crippen molar-refractivity contribution in [2.24, 2.45) is 0 Å². The molecule has 10 heteroatoms. The number of nitrogens with one attached hydrogen (secondary N) is 2. The number of carboxylic acids is 1. The fourth-order valence-electron chi connectivity index (χ4n) is 2.59. The second-order valence-electron chi connectivity index (χ2n) is 7.68. The van der Waals surface area contributed by atoms with Crippen molar-refractivity contribution in [2.75, 3.05) is 10.2 Å². The molecule has 4 nitrogen and oxygen atoms in total. The molecule has 0 atom stereocenters. The minimum absolute atomic E-state index is 0. The maximum Gasteiger partial charge on any atom is 2.00 e. The predicted molar refractivity (Wildman–Crippen MR) is 118 cm³/mol. The van der Waals surface area contributed by atoms with Gasteiger partial charge in [-0.3, -0.25) is 0 Å². The Morgan fingerprint density at radius 2 is 1.13 bits per heavy atom. The third-order valence-corrected chi connectivity index (χ3v) is 9.20. The van der Waals surface area contributed by atoms with E-state index in [0.717, 1.165) is 11.4 Å². The first-order valence-corrected chi connectivity index (χ1v) is 12.5. The molecule has 0 spiro atoms. The number of halogens is 3. The van der Waals surface area contributed by atoms with Crippen LogP contribution in [0.5, 0.6) is 0 Å². The quantitative estimate of drug-likeness (QED) is 0.232. The zero-order valence-corrected chi connectivity index (χ0v) is 22.0. The molecule has 0 aliphatic carbocycles. The summed E-state index contributed by atoms with van der Waals surface area (Å²) in [5.74, 6) is -3.01. The van der Waals surface area contributed by atoms with E-state index in [9.17, 15) is 13.2 Å². The minimum atomic E-state index is -5.19. The van der Waals surface area contributed by atoms with Gasteiger partial charge in [-0.05, 0) is 38.8 Å². The van der Waals surface area contributed by atoms with Crippen LogP contribution in [0.3, 0.4) is 0 Å². The fourth-order valence-corrected chi connectivity index (χ4v) is 6.82. The van der Waals surface area contributed by atoms with Gasteiger partial charge in [-0.2, -0.15) is 19.2 Å². The predicted octanol–water partition coefficient (Wildman–Crippen LogP) is 6.03. The van der Waals surface area contributed by atoms with Gasteiger partial charge in [0.15, 0.2) is 0 Å². The van der Waals surface area contributed by atoms with E-state index in [2.05, 4.69) is 89.8 Å². The molecule has 0 amide bonds. The zero-order valence-electron chi connectivity index (χ0n) is 18.7. The molecule has 2 N–H and O–H groups in total. The van der Waals surface area contributed by atoms with Gasteiger partial charge in [0.05, 0.1) is 0 Å². The molecule has 0 saturated heterocycles. The Kier molecular flexibility index (Phi) is 15.5. The summed E-state index contributed by atoms with van der Waals surface area (Å²) in [5, 5.41) is 16.2. The van der Waals surface area contributed by atoms with E-state index in [1.165, 1.54) is 0 Å². The monoisotopic (exact) mass is 558 g/mol. The first kappa shape index (κ1) is 31.8. The number of carbonyl (C=O) groups is 1. The number of carboxylic acid groups (broad SMARTS) is 1. The summed E-state index contributed by atoms with van der Waals surface area (Å²) in [6.07, 6.45) is -5.19. The van der Waals surface area contributed by atoms with Crippen LogP contribution in [0.1, 0.15) is 55.4 Å². The van der Waals surface area contributed by atoms with Crippen molar-refractivity contribution >= 4 is 33.5 Å². The summed E-state index contributed by atoms with van der Waals surface area (Å²) in [5.41, 5.74) is 4.93. The molecule has 0 unspecified atom stereocenters. The topological polar surface area (TPSA) is 64.2 Å². The number of hydrogen-bond donors (Lipinski definition) is 2. The Morgan fingerprint density at radius 1 is 0.867 bits per heavy atom. The van der Waals surface area contributed by atoms with Crippen LogP contribution in [0.2, 0.25) is 0 Å². The van der Waals surface area contributed by atoms with Crippen molar-refractivity contribution in [3.05, 3.63) is 24.3 Å². The molecule has 0 saturated carbocycles. The normalized spacial score (nSPS) is 11.6. The molecule has 1 aromatic carbocycles. The van der Waals surface area contributed by atoms with Crippen LogP contribution in [-0.2, 0) is 25.2 Å². The average Bonchev–Trinajstić information content (AvgIpc) is 2.56. The molecular formula is C20H33F3N2O2P2Pd. The van der Waals surface area contributed by atoms with Crippen molar-refractivity contribution in [2.45, 2.75) is 84.2 Å². The molecule has 0 radical (unpaired) electrons. The molecule has 0 fully saturated rings. The molecule has 1 rings (SSSR count). The summed E-state index contributed by atoms with van der Waals surface area (Å²) in [6.45, 7) is 18.4. The number of aliphatic carboxylic acids is 1. The van der Waals surface area contributed by atoms with Crippen LogP contribution in [-0.4, -0.2) is 34.8 Å². The number of hydrogen-bond acceptors (Lipinski definition) is 4. The minimum Gasteiger partial charge on any atom is -0.542 e. The summed E-state index contributed by atoms with van der Waals surface area (Å²) >= 11 is 0. The third kappa shape index (κ3) is 12.5. The maximum atomic E-state index is 10.5. The molecule has 0 aliphatic heterocycles. The Balaban J connectivity index is 0. The van der Waals surface area contributed by atoms with E-state index in [0.29, 0.717) is 22.6 Å². The van der Waals surface area contributed by atoms with E-state index in [1.54, 1.807) is 0 Å². The van der Waals surface area contributed by atoms with Crippen LogP contribution < -0.4 is 15.3 Å². The van der Waals surface area contributed by atoms with E-state index in [4.69, 9.17) is 9.90 Å². The van der Waals surface area contributed by atoms with Gasteiger partial charge in [-0.25, -0.2) is 0 Å². The number of anilines is 2. The standard InChI is InChI=1S/C18H33N2P2.C2HF3O2.Pd/c1-13(2)21(14(3)4)19-17-10-9-11-18(12-17)20-22(15(5)6)16(7)8;3-2(4,5)1(6)7;/h9-11,13-16,19-20H,1-8H3;(H,6,7);/q-1;;+2/p-1. The van der Waals surface area contributed by atoms with Crippen LogP contribution >= 0.6 is 16.1 Å². The second-order valence-corrected chi connectivity index (χ2v) is 13.9. The Hall–Kier alpha value is -0.398. The fraction of sp³-hybridized carbons (Fsp3) is 0.650. The third-order valence-electron chi connectivity index (χ3n) is 3.75. The van der Waals surface area contributed by atoms with Crippen LogP contribution in [0, 0.1) is 6.07 Å². The largest absolute Gasteiger partial charge is 2.00 e. The molecule has 30 heavy (non-hydrogen) atoms. The number of benzene rings is 1. The van der Waals surface area contributed by atoms with Gasteiger partial charge in [0, 0.05) is 0 Å². The van der Waals surface area contributed by atoms with E-state index in [-0.39, 0.29) is 36.6 Å². The molecule has 0 bridgehead atoms. The van der Waals surface area contributed by atoms with Crippen molar-refractivity contribution in [3.63, 3.8) is 0 Å². The average molecular weight is 559 g/mol. The van der Waals surface area contributed by atoms with Gasteiger partial charge in [-0.1, -0.05) is 66.8 Å². The van der Waals surface area contributed by atoms with Crippen LogP contribution in [0.15, 0.2) is 18.2 Å². The van der Waals surface area contributed by atoms with Gasteiger partial charge in [0.25, 0.3) is 0 Å². The summed E-state index contributed by atoms with van der Waals surface area (Å²) in [6, 6.07) is 9.94. The first-order chi connectivity index (χ1) is 13.2. The van der Waals surface area contributed by atoms with Crippen molar-refractivity contribution < 1.29 is 43.5 Å². The first-order valence-electron chi connectivity index (χ1n) is 9.57. The van der Waals surface area contributed by atoms with Gasteiger partial charge in [0.2, 0.25) is 0 Å². The van der Waals surface area contributed by atoms with Crippen molar-refractivity contribution in [1.82, 2.24) is 0 Å². The van der Waals surface area contributed by atoms with Crippen LogP contribution in [0.4, 0.5) is 24.5 Å². The molecule has 0 aromatic heterocycles. The number of carbonyl (C=O) groups excluding carboxylic acids is 1. The van der Waals surface area contributed by atoms with E-state index in [1.807, 2.05) is 0 Å². The van der Waals surface area contributed by atoms with E-state index >= 15 is 0 Å². The molecule has 1 aromatic rings. The van der Waals surface area contributed by atoms with Crippen LogP contribution in [0.25, 0.3) is 0 Å². The van der Waals surface area contributed by atoms with Gasteiger partial charge >= 0.3 is 26.6 Å². The van der Waals surface area contributed by atoms with Gasteiger partial charge < -0.3 is 20.1 Å². The van der Waals surface area contributed by atoms with Gasteiger partial charge in [-0.15, -0.1) is 18.2 Å². The molecular weight excluding hydrogens is 526 g/mol. The van der Waals surface area contributed by atoms with E-state index < -0.39 is 12.1 Å². The Labute approximate surface area is 195 Å². The Bertz CT molecular complexity index is 577. The summed E-state index contributed by atoms with van der Waals surface area (Å²) in [7, 11) is -0.433. The summed E-state index contributed by atoms with van der Waals surface area (Å²) in [4.78, 5) is 8.78. The molecule has 0 aliphatic rings. The molecule has 0 heterocycles. The van der Waals surface area contributed by atoms with Crippen molar-refractivity contribution in [1.29, 1.82) is 0 Å². The molecule has 176 valence electrons. The summed E-state index contributed by atoms with van der Waals surface area (Å²) < 4.78 is 31.5.